The number of pyridine rings is 1. The van der Waals surface area contributed by atoms with Gasteiger partial charge in [-0.2, -0.15) is 4.31 Å². The van der Waals surface area contributed by atoms with Crippen LogP contribution in [0.15, 0.2) is 52.5 Å². The summed E-state index contributed by atoms with van der Waals surface area (Å²) >= 11 is 0. The maximum Gasteiger partial charge on any atom is 0.267 e. The van der Waals surface area contributed by atoms with Crippen molar-refractivity contribution in [1.29, 1.82) is 0 Å². The van der Waals surface area contributed by atoms with Gasteiger partial charge in [-0.05, 0) is 57.0 Å². The molecule has 0 spiro atoms. The van der Waals surface area contributed by atoms with Crippen molar-refractivity contribution in [3.8, 4) is 5.75 Å². The van der Waals surface area contributed by atoms with Gasteiger partial charge in [-0.15, -0.1) is 0 Å². The standard InChI is InChI=1S/C22H29N3O4S/c1-17(2)23-21-10-6-9-15-25(21)22(26)19-16-18(11-12-20(19)29-3)30(27,28)24-13-7-4-5-8-14-24/h6,9-12,15-17H,4-5,7-8,13-14H2,1-3H3. The summed E-state index contributed by atoms with van der Waals surface area (Å²) in [6.07, 6.45) is 5.39. The van der Waals surface area contributed by atoms with Crippen molar-refractivity contribution in [2.24, 2.45) is 4.99 Å². The van der Waals surface area contributed by atoms with E-state index in [1.54, 1.807) is 24.4 Å². The number of rotatable bonds is 5. The van der Waals surface area contributed by atoms with Gasteiger partial charge in [0.1, 0.15) is 11.2 Å². The molecule has 30 heavy (non-hydrogen) atoms. The van der Waals surface area contributed by atoms with E-state index in [0.29, 0.717) is 24.3 Å². The molecular formula is C22H29N3O4S. The molecule has 7 nitrogen and oxygen atoms in total. The molecule has 1 fully saturated rings. The lowest BCUT2D eigenvalue weighted by Gasteiger charge is -2.21. The molecule has 0 amide bonds. The van der Waals surface area contributed by atoms with Gasteiger partial charge in [-0.3, -0.25) is 14.4 Å². The molecule has 1 aromatic carbocycles. The summed E-state index contributed by atoms with van der Waals surface area (Å²) < 4.78 is 34.7. The quantitative estimate of drug-likeness (QED) is 0.729. The van der Waals surface area contributed by atoms with Gasteiger partial charge in [-0.1, -0.05) is 18.9 Å². The lowest BCUT2D eigenvalue weighted by Crippen LogP contribution is -2.32. The minimum atomic E-state index is -3.68. The Kier molecular flexibility index (Phi) is 7.10. The molecule has 0 unspecified atom stereocenters. The van der Waals surface area contributed by atoms with Crippen LogP contribution in [0.1, 0.15) is 49.9 Å². The summed E-state index contributed by atoms with van der Waals surface area (Å²) in [5.74, 6) is -0.0681. The lowest BCUT2D eigenvalue weighted by molar-refractivity contribution is 0.0951. The zero-order chi connectivity index (χ0) is 21.7. The minimum Gasteiger partial charge on any atom is -0.496 e. The largest absolute Gasteiger partial charge is 0.496 e. The zero-order valence-electron chi connectivity index (χ0n) is 17.7. The smallest absolute Gasteiger partial charge is 0.267 e. The number of methoxy groups -OCH3 is 1. The average Bonchev–Trinajstić information content (AvgIpc) is 3.03. The van der Waals surface area contributed by atoms with Gasteiger partial charge < -0.3 is 4.74 Å². The third-order valence-electron chi connectivity index (χ3n) is 5.05. The number of aromatic nitrogens is 1. The van der Waals surface area contributed by atoms with Gasteiger partial charge in [0.25, 0.3) is 5.91 Å². The van der Waals surface area contributed by atoms with Crippen LogP contribution < -0.4 is 10.2 Å². The van der Waals surface area contributed by atoms with E-state index in [2.05, 4.69) is 4.99 Å². The Morgan fingerprint density at radius 1 is 1.07 bits per heavy atom. The van der Waals surface area contributed by atoms with Crippen molar-refractivity contribution in [3.05, 3.63) is 53.6 Å². The monoisotopic (exact) mass is 431 g/mol. The van der Waals surface area contributed by atoms with Gasteiger partial charge in [-0.25, -0.2) is 8.42 Å². The van der Waals surface area contributed by atoms with E-state index in [4.69, 9.17) is 4.74 Å². The zero-order valence-corrected chi connectivity index (χ0v) is 18.6. The minimum absolute atomic E-state index is 0.00286. The summed E-state index contributed by atoms with van der Waals surface area (Å²) in [5, 5.41) is 0. The topological polar surface area (TPSA) is 81.0 Å². The second kappa shape index (κ2) is 9.57. The highest BCUT2D eigenvalue weighted by atomic mass is 32.2. The molecule has 0 N–H and O–H groups in total. The van der Waals surface area contributed by atoms with Crippen LogP contribution in [0, 0.1) is 0 Å². The third-order valence-corrected chi connectivity index (χ3v) is 6.95. The Morgan fingerprint density at radius 2 is 1.77 bits per heavy atom. The van der Waals surface area contributed by atoms with Crippen LogP contribution in [-0.4, -0.2) is 49.4 Å². The summed E-state index contributed by atoms with van der Waals surface area (Å²) in [6.45, 7) is 4.86. The number of carbonyl (C=O) groups excluding carboxylic acids is 1. The van der Waals surface area contributed by atoms with Crippen molar-refractivity contribution in [2.45, 2.75) is 50.5 Å². The van der Waals surface area contributed by atoms with Gasteiger partial charge in [0.15, 0.2) is 0 Å². The molecule has 2 aromatic rings. The third kappa shape index (κ3) is 4.82. The molecule has 0 radical (unpaired) electrons. The second-order valence-electron chi connectivity index (χ2n) is 7.64. The molecular weight excluding hydrogens is 402 g/mol. The first-order valence-corrected chi connectivity index (χ1v) is 11.7. The van der Waals surface area contributed by atoms with Gasteiger partial charge >= 0.3 is 0 Å². The Bertz CT molecular complexity index is 1070. The van der Waals surface area contributed by atoms with Gasteiger partial charge in [0.2, 0.25) is 10.0 Å². The highest BCUT2D eigenvalue weighted by Crippen LogP contribution is 2.26. The van der Waals surface area contributed by atoms with Gasteiger partial charge in [0, 0.05) is 25.3 Å². The summed E-state index contributed by atoms with van der Waals surface area (Å²) in [6, 6.07) is 9.77. The number of benzene rings is 1. The lowest BCUT2D eigenvalue weighted by atomic mass is 10.2. The number of carbonyl (C=O) groups is 1. The molecule has 3 rings (SSSR count). The molecule has 1 aromatic heterocycles. The van der Waals surface area contributed by atoms with Crippen molar-refractivity contribution in [3.63, 3.8) is 0 Å². The van der Waals surface area contributed by atoms with E-state index < -0.39 is 10.0 Å². The normalized spacial score (nSPS) is 16.5. The maximum absolute atomic E-state index is 13.4. The van der Waals surface area contributed by atoms with E-state index in [1.807, 2.05) is 19.9 Å². The molecule has 0 aliphatic carbocycles. The van der Waals surface area contributed by atoms with E-state index in [1.165, 1.54) is 28.1 Å². The van der Waals surface area contributed by atoms with Crippen LogP contribution in [0.5, 0.6) is 5.75 Å². The first-order valence-electron chi connectivity index (χ1n) is 10.3. The SMILES string of the molecule is COc1ccc(S(=O)(=O)N2CCCCCC2)cc1C(=O)n1ccccc1=NC(C)C. The number of nitrogens with zero attached hydrogens (tertiary/aromatic N) is 3. The Labute approximate surface area is 178 Å². The van der Waals surface area contributed by atoms with E-state index in [9.17, 15) is 13.2 Å². The second-order valence-corrected chi connectivity index (χ2v) is 9.58. The van der Waals surface area contributed by atoms with Crippen molar-refractivity contribution < 1.29 is 17.9 Å². The molecule has 1 aliphatic heterocycles. The molecule has 0 atom stereocenters. The number of ether oxygens (including phenoxy) is 1. The van der Waals surface area contributed by atoms with Crippen LogP contribution in [0.4, 0.5) is 0 Å². The van der Waals surface area contributed by atoms with Gasteiger partial charge in [0.05, 0.1) is 17.6 Å². The predicted octanol–water partition coefficient (Wildman–Crippen LogP) is 3.06. The van der Waals surface area contributed by atoms with Crippen LogP contribution in [0.25, 0.3) is 0 Å². The molecule has 2 heterocycles. The molecule has 8 heteroatoms. The fourth-order valence-electron chi connectivity index (χ4n) is 3.55. The highest BCUT2D eigenvalue weighted by Gasteiger charge is 2.27. The molecule has 0 bridgehead atoms. The molecule has 0 saturated carbocycles. The number of hydrogen-bond acceptors (Lipinski definition) is 5. The Hall–Kier alpha value is -2.45. The Morgan fingerprint density at radius 3 is 2.40 bits per heavy atom. The van der Waals surface area contributed by atoms with Crippen LogP contribution in [0.3, 0.4) is 0 Å². The van der Waals surface area contributed by atoms with E-state index in [-0.39, 0.29) is 22.4 Å². The average molecular weight is 432 g/mol. The first-order chi connectivity index (χ1) is 14.3. The molecule has 1 aliphatic rings. The first kappa shape index (κ1) is 22.2. The van der Waals surface area contributed by atoms with Crippen LogP contribution >= 0.6 is 0 Å². The summed E-state index contributed by atoms with van der Waals surface area (Å²) in [4.78, 5) is 17.9. The van der Waals surface area contributed by atoms with Crippen LogP contribution in [-0.2, 0) is 10.0 Å². The fourth-order valence-corrected chi connectivity index (χ4v) is 5.09. The highest BCUT2D eigenvalue weighted by molar-refractivity contribution is 7.89. The fraction of sp³-hybridized carbons (Fsp3) is 0.455. The summed E-state index contributed by atoms with van der Waals surface area (Å²) in [5.41, 5.74) is 0.685. The van der Waals surface area contributed by atoms with Crippen LogP contribution in [0.2, 0.25) is 0 Å². The van der Waals surface area contributed by atoms with Crippen molar-refractivity contribution in [1.82, 2.24) is 8.87 Å². The summed E-state index contributed by atoms with van der Waals surface area (Å²) in [7, 11) is -2.22. The van der Waals surface area contributed by atoms with E-state index >= 15 is 0 Å². The number of hydrogen-bond donors (Lipinski definition) is 0. The Balaban J connectivity index is 2.07. The number of sulfonamides is 1. The maximum atomic E-state index is 13.4. The predicted molar refractivity (Wildman–Crippen MR) is 115 cm³/mol. The van der Waals surface area contributed by atoms with Crippen molar-refractivity contribution >= 4 is 15.9 Å². The van der Waals surface area contributed by atoms with Crippen molar-refractivity contribution in [2.75, 3.05) is 20.2 Å². The molecule has 162 valence electrons. The molecule has 1 saturated heterocycles. The van der Waals surface area contributed by atoms with E-state index in [0.717, 1.165) is 25.7 Å².